The van der Waals surface area contributed by atoms with E-state index in [1.165, 1.54) is 0 Å². The lowest BCUT2D eigenvalue weighted by atomic mass is 10.1. The van der Waals surface area contributed by atoms with Crippen molar-refractivity contribution in [2.75, 3.05) is 5.32 Å². The summed E-state index contributed by atoms with van der Waals surface area (Å²) in [6, 6.07) is 13.2. The SMILES string of the molecule is Cc1ccccc1CC(=O)Nc1ccc(Br)c(Cl)c1. The average Bonchev–Trinajstić information content (AvgIpc) is 2.37. The number of amides is 1. The molecule has 0 aliphatic rings. The Morgan fingerprint density at radius 2 is 2.00 bits per heavy atom. The zero-order chi connectivity index (χ0) is 13.8. The number of halogens is 2. The molecule has 0 bridgehead atoms. The van der Waals surface area contributed by atoms with Crippen LogP contribution in [-0.2, 0) is 11.2 Å². The fourth-order valence-corrected chi connectivity index (χ4v) is 2.19. The van der Waals surface area contributed by atoms with E-state index in [1.54, 1.807) is 6.07 Å². The van der Waals surface area contributed by atoms with Gasteiger partial charge in [0, 0.05) is 10.2 Å². The highest BCUT2D eigenvalue weighted by molar-refractivity contribution is 9.10. The number of hydrogen-bond donors (Lipinski definition) is 1. The van der Waals surface area contributed by atoms with Crippen molar-refractivity contribution < 1.29 is 4.79 Å². The van der Waals surface area contributed by atoms with E-state index in [0.717, 1.165) is 15.6 Å². The molecule has 0 radical (unpaired) electrons. The second-order valence-electron chi connectivity index (χ2n) is 4.28. The minimum absolute atomic E-state index is 0.0484. The number of carbonyl (C=O) groups is 1. The highest BCUT2D eigenvalue weighted by atomic mass is 79.9. The summed E-state index contributed by atoms with van der Waals surface area (Å²) < 4.78 is 0.811. The Balaban J connectivity index is 2.05. The molecule has 19 heavy (non-hydrogen) atoms. The number of rotatable bonds is 3. The van der Waals surface area contributed by atoms with E-state index < -0.39 is 0 Å². The van der Waals surface area contributed by atoms with Gasteiger partial charge in [-0.3, -0.25) is 4.79 Å². The summed E-state index contributed by atoms with van der Waals surface area (Å²) in [5, 5.41) is 3.42. The third-order valence-electron chi connectivity index (χ3n) is 2.82. The fourth-order valence-electron chi connectivity index (χ4n) is 1.76. The van der Waals surface area contributed by atoms with Crippen LogP contribution in [0.4, 0.5) is 5.69 Å². The molecular formula is C15H13BrClNO. The Morgan fingerprint density at radius 1 is 1.26 bits per heavy atom. The molecule has 0 aliphatic carbocycles. The van der Waals surface area contributed by atoms with Gasteiger partial charge in [-0.15, -0.1) is 0 Å². The number of anilines is 1. The summed E-state index contributed by atoms with van der Waals surface area (Å²) in [4.78, 5) is 12.0. The van der Waals surface area contributed by atoms with E-state index in [4.69, 9.17) is 11.6 Å². The molecule has 0 heterocycles. The minimum Gasteiger partial charge on any atom is -0.326 e. The monoisotopic (exact) mass is 337 g/mol. The van der Waals surface area contributed by atoms with Crippen molar-refractivity contribution in [3.05, 3.63) is 63.1 Å². The van der Waals surface area contributed by atoms with Crippen molar-refractivity contribution in [3.8, 4) is 0 Å². The van der Waals surface area contributed by atoms with E-state index in [9.17, 15) is 4.79 Å². The van der Waals surface area contributed by atoms with Crippen LogP contribution in [0, 0.1) is 6.92 Å². The largest absolute Gasteiger partial charge is 0.326 e. The quantitative estimate of drug-likeness (QED) is 0.871. The highest BCUT2D eigenvalue weighted by Gasteiger charge is 2.07. The summed E-state index contributed by atoms with van der Waals surface area (Å²) in [5.74, 6) is -0.0484. The van der Waals surface area contributed by atoms with Crippen molar-refractivity contribution in [2.45, 2.75) is 13.3 Å². The second kappa shape index (κ2) is 6.22. The number of hydrogen-bond acceptors (Lipinski definition) is 1. The molecule has 0 spiro atoms. The van der Waals surface area contributed by atoms with E-state index in [0.29, 0.717) is 17.1 Å². The van der Waals surface area contributed by atoms with Gasteiger partial charge < -0.3 is 5.32 Å². The van der Waals surface area contributed by atoms with Crippen LogP contribution in [0.5, 0.6) is 0 Å². The molecule has 2 aromatic carbocycles. The number of nitrogens with one attached hydrogen (secondary N) is 1. The fraction of sp³-hybridized carbons (Fsp3) is 0.133. The average molecular weight is 339 g/mol. The molecule has 0 saturated carbocycles. The third-order valence-corrected chi connectivity index (χ3v) is 4.05. The molecule has 4 heteroatoms. The number of benzene rings is 2. The molecule has 2 aromatic rings. The van der Waals surface area contributed by atoms with E-state index in [1.807, 2.05) is 43.3 Å². The molecule has 0 aromatic heterocycles. The van der Waals surface area contributed by atoms with Gasteiger partial charge in [-0.05, 0) is 52.2 Å². The van der Waals surface area contributed by atoms with Crippen LogP contribution in [0.25, 0.3) is 0 Å². The smallest absolute Gasteiger partial charge is 0.228 e. The molecule has 0 unspecified atom stereocenters. The van der Waals surface area contributed by atoms with Crippen LogP contribution < -0.4 is 5.32 Å². The molecule has 1 amide bonds. The maximum atomic E-state index is 12.0. The van der Waals surface area contributed by atoms with Gasteiger partial charge >= 0.3 is 0 Å². The molecule has 0 atom stereocenters. The van der Waals surface area contributed by atoms with Crippen LogP contribution in [0.3, 0.4) is 0 Å². The van der Waals surface area contributed by atoms with E-state index in [2.05, 4.69) is 21.2 Å². The molecule has 2 nitrogen and oxygen atoms in total. The topological polar surface area (TPSA) is 29.1 Å². The first-order chi connectivity index (χ1) is 9.06. The zero-order valence-corrected chi connectivity index (χ0v) is 12.8. The summed E-state index contributed by atoms with van der Waals surface area (Å²) in [6.07, 6.45) is 0.361. The van der Waals surface area contributed by atoms with Crippen LogP contribution >= 0.6 is 27.5 Å². The van der Waals surface area contributed by atoms with Crippen molar-refractivity contribution in [1.29, 1.82) is 0 Å². The van der Waals surface area contributed by atoms with Gasteiger partial charge in [0.15, 0.2) is 0 Å². The molecular weight excluding hydrogens is 326 g/mol. The van der Waals surface area contributed by atoms with Crippen molar-refractivity contribution in [3.63, 3.8) is 0 Å². The molecule has 2 rings (SSSR count). The standard InChI is InChI=1S/C15H13BrClNO/c1-10-4-2-3-5-11(10)8-15(19)18-12-6-7-13(16)14(17)9-12/h2-7,9H,8H2,1H3,(H,18,19). The Morgan fingerprint density at radius 3 is 2.68 bits per heavy atom. The Hall–Kier alpha value is -1.32. The van der Waals surface area contributed by atoms with Crippen LogP contribution in [0.15, 0.2) is 46.9 Å². The number of aryl methyl sites for hydroxylation is 1. The molecule has 0 saturated heterocycles. The van der Waals surface area contributed by atoms with Crippen molar-refractivity contribution >= 4 is 39.1 Å². The van der Waals surface area contributed by atoms with Crippen molar-refractivity contribution in [2.24, 2.45) is 0 Å². The lowest BCUT2D eigenvalue weighted by molar-refractivity contribution is -0.115. The van der Waals surface area contributed by atoms with Gasteiger partial charge in [0.2, 0.25) is 5.91 Å². The lowest BCUT2D eigenvalue weighted by Crippen LogP contribution is -2.14. The Kier molecular flexibility index (Phi) is 4.61. The van der Waals surface area contributed by atoms with Crippen LogP contribution in [0.1, 0.15) is 11.1 Å². The first-order valence-corrected chi connectivity index (χ1v) is 7.03. The highest BCUT2D eigenvalue weighted by Crippen LogP contribution is 2.25. The van der Waals surface area contributed by atoms with Gasteiger partial charge in [0.1, 0.15) is 0 Å². The maximum Gasteiger partial charge on any atom is 0.228 e. The first kappa shape index (κ1) is 14.1. The van der Waals surface area contributed by atoms with Crippen molar-refractivity contribution in [1.82, 2.24) is 0 Å². The maximum absolute atomic E-state index is 12.0. The lowest BCUT2D eigenvalue weighted by Gasteiger charge is -2.08. The van der Waals surface area contributed by atoms with Crippen LogP contribution in [0.2, 0.25) is 5.02 Å². The van der Waals surface area contributed by atoms with Gasteiger partial charge in [0.25, 0.3) is 0 Å². The van der Waals surface area contributed by atoms with E-state index in [-0.39, 0.29) is 5.91 Å². The van der Waals surface area contributed by atoms with Gasteiger partial charge in [0.05, 0.1) is 11.4 Å². The third kappa shape index (κ3) is 3.82. The molecule has 98 valence electrons. The van der Waals surface area contributed by atoms with Crippen LogP contribution in [-0.4, -0.2) is 5.91 Å². The molecule has 0 fully saturated rings. The summed E-state index contributed by atoms with van der Waals surface area (Å²) in [7, 11) is 0. The molecule has 0 aliphatic heterocycles. The second-order valence-corrected chi connectivity index (χ2v) is 5.54. The Bertz CT molecular complexity index is 613. The normalized spacial score (nSPS) is 10.3. The van der Waals surface area contributed by atoms with Gasteiger partial charge in [-0.2, -0.15) is 0 Å². The minimum atomic E-state index is -0.0484. The van der Waals surface area contributed by atoms with E-state index >= 15 is 0 Å². The number of carbonyl (C=O) groups excluding carboxylic acids is 1. The predicted octanol–water partition coefficient (Wildman–Crippen LogP) is 4.59. The molecule has 1 N–H and O–H groups in total. The zero-order valence-electron chi connectivity index (χ0n) is 10.4. The predicted molar refractivity (Wildman–Crippen MR) is 82.7 cm³/mol. The summed E-state index contributed by atoms with van der Waals surface area (Å²) >= 11 is 9.30. The summed E-state index contributed by atoms with van der Waals surface area (Å²) in [6.45, 7) is 2.00. The van der Waals surface area contributed by atoms with Gasteiger partial charge in [-0.1, -0.05) is 35.9 Å². The Labute approximate surface area is 125 Å². The van der Waals surface area contributed by atoms with Gasteiger partial charge in [-0.25, -0.2) is 0 Å². The summed E-state index contributed by atoms with van der Waals surface area (Å²) in [5.41, 5.74) is 2.85. The first-order valence-electron chi connectivity index (χ1n) is 5.85.